The number of aryl methyl sites for hydroxylation is 2. The molecule has 0 bridgehead atoms. The van der Waals surface area contributed by atoms with E-state index in [2.05, 4.69) is 0 Å². The van der Waals surface area contributed by atoms with Gasteiger partial charge in [-0.05, 0) is 62.8 Å². The summed E-state index contributed by atoms with van der Waals surface area (Å²) in [6, 6.07) is 5.21. The minimum Gasteiger partial charge on any atom is -0.480 e. The van der Waals surface area contributed by atoms with E-state index in [1.165, 1.54) is 6.07 Å². The number of fused-ring (bicyclic) bond motifs is 2. The van der Waals surface area contributed by atoms with E-state index in [1.54, 1.807) is 6.92 Å². The van der Waals surface area contributed by atoms with Crippen LogP contribution in [0.15, 0.2) is 27.4 Å². The number of nitrogens with zero attached hydrogens (tertiary/aromatic N) is 1. The van der Waals surface area contributed by atoms with Crippen molar-refractivity contribution in [2.45, 2.75) is 71.0 Å². The fourth-order valence-electron chi connectivity index (χ4n) is 5.11. The minimum atomic E-state index is -0.665. The summed E-state index contributed by atoms with van der Waals surface area (Å²) in [6.45, 7) is 6.80. The highest BCUT2D eigenvalue weighted by Gasteiger charge is 2.44. The molecule has 0 spiro atoms. The summed E-state index contributed by atoms with van der Waals surface area (Å²) in [5, 5.41) is 11.6. The number of ether oxygens (including phenoxy) is 1. The van der Waals surface area contributed by atoms with Crippen molar-refractivity contribution in [1.82, 2.24) is 4.90 Å². The van der Waals surface area contributed by atoms with Gasteiger partial charge in [0.2, 0.25) is 0 Å². The number of carbonyl (C=O) groups excluding carboxylic acids is 1. The summed E-state index contributed by atoms with van der Waals surface area (Å²) >= 11 is 0. The Morgan fingerprint density at radius 2 is 2.13 bits per heavy atom. The van der Waals surface area contributed by atoms with Gasteiger partial charge in [0, 0.05) is 25.1 Å². The molecular weight excluding hydrogens is 382 g/mol. The number of rotatable bonds is 4. The van der Waals surface area contributed by atoms with Crippen molar-refractivity contribution < 1.29 is 19.1 Å². The summed E-state index contributed by atoms with van der Waals surface area (Å²) < 4.78 is 11.5. The number of benzene rings is 1. The number of carbonyl (C=O) groups is 1. The zero-order valence-corrected chi connectivity index (χ0v) is 18.1. The van der Waals surface area contributed by atoms with Gasteiger partial charge in [0.15, 0.2) is 6.10 Å². The van der Waals surface area contributed by atoms with Crippen LogP contribution in [0.25, 0.3) is 11.0 Å². The largest absolute Gasteiger partial charge is 0.480 e. The molecule has 1 aliphatic heterocycles. The molecule has 1 aliphatic carbocycles. The molecular formula is C24H31NO5. The van der Waals surface area contributed by atoms with Crippen LogP contribution in [-0.2, 0) is 11.2 Å². The van der Waals surface area contributed by atoms with E-state index in [-0.39, 0.29) is 17.5 Å². The maximum Gasteiger partial charge on any atom is 0.336 e. The second-order valence-electron chi connectivity index (χ2n) is 8.92. The van der Waals surface area contributed by atoms with Crippen LogP contribution in [0.3, 0.4) is 0 Å². The van der Waals surface area contributed by atoms with Crippen molar-refractivity contribution in [2.75, 3.05) is 13.1 Å². The van der Waals surface area contributed by atoms with Crippen molar-refractivity contribution >= 4 is 16.9 Å². The molecule has 1 N–H and O–H groups in total. The molecule has 162 valence electrons. The van der Waals surface area contributed by atoms with E-state index in [4.69, 9.17) is 9.15 Å². The Labute approximate surface area is 176 Å². The smallest absolute Gasteiger partial charge is 0.336 e. The Hall–Kier alpha value is -2.34. The minimum absolute atomic E-state index is 0.0623. The standard InChI is InChI=1S/C24H31NO5/c1-4-17-13-21(26)30-20-12-15(2)11-19(22(17)20)29-16(3)23(27)25-10-9-24(28)8-6-5-7-18(24)14-25/h11-13,16,18,28H,4-10,14H2,1-3H3/t16-,18+,24-/m0/s1. The lowest BCUT2D eigenvalue weighted by molar-refractivity contribution is -0.149. The van der Waals surface area contributed by atoms with Crippen molar-refractivity contribution in [3.05, 3.63) is 39.7 Å². The van der Waals surface area contributed by atoms with Gasteiger partial charge in [-0.1, -0.05) is 19.8 Å². The molecule has 3 atom stereocenters. The Morgan fingerprint density at radius 1 is 1.33 bits per heavy atom. The number of piperidine rings is 1. The maximum absolute atomic E-state index is 13.2. The zero-order valence-electron chi connectivity index (χ0n) is 18.1. The molecule has 1 aromatic carbocycles. The fraction of sp³-hybridized carbons (Fsp3) is 0.583. The molecule has 30 heavy (non-hydrogen) atoms. The summed E-state index contributed by atoms with van der Waals surface area (Å²) in [5.74, 6) is 0.655. The molecule has 1 aromatic heterocycles. The predicted octanol–water partition coefficient (Wildman–Crippen LogP) is 3.58. The average molecular weight is 414 g/mol. The molecule has 1 amide bonds. The third-order valence-electron chi connectivity index (χ3n) is 6.81. The highest BCUT2D eigenvalue weighted by molar-refractivity contribution is 5.88. The lowest BCUT2D eigenvalue weighted by Crippen LogP contribution is -2.56. The Bertz CT molecular complexity index is 1010. The highest BCUT2D eigenvalue weighted by atomic mass is 16.5. The molecule has 2 aromatic rings. The number of aliphatic hydroxyl groups is 1. The van der Waals surface area contributed by atoms with Crippen LogP contribution < -0.4 is 10.4 Å². The van der Waals surface area contributed by atoms with Gasteiger partial charge < -0.3 is 19.2 Å². The lowest BCUT2D eigenvalue weighted by Gasteiger charge is -2.47. The topological polar surface area (TPSA) is 80.0 Å². The maximum atomic E-state index is 13.2. The average Bonchev–Trinajstić information content (AvgIpc) is 2.71. The van der Waals surface area contributed by atoms with Crippen molar-refractivity contribution in [3.63, 3.8) is 0 Å². The molecule has 6 heteroatoms. The first-order chi connectivity index (χ1) is 14.3. The number of amides is 1. The van der Waals surface area contributed by atoms with Gasteiger partial charge in [-0.25, -0.2) is 4.79 Å². The van der Waals surface area contributed by atoms with E-state index in [0.29, 0.717) is 37.3 Å². The molecule has 0 radical (unpaired) electrons. The Balaban J connectivity index is 1.56. The van der Waals surface area contributed by atoms with Gasteiger partial charge >= 0.3 is 5.63 Å². The third kappa shape index (κ3) is 3.85. The molecule has 2 heterocycles. The van der Waals surface area contributed by atoms with E-state index in [9.17, 15) is 14.7 Å². The molecule has 4 rings (SSSR count). The molecule has 6 nitrogen and oxygen atoms in total. The van der Waals surface area contributed by atoms with Crippen LogP contribution in [0.2, 0.25) is 0 Å². The van der Waals surface area contributed by atoms with Crippen LogP contribution in [0.4, 0.5) is 0 Å². The van der Waals surface area contributed by atoms with Crippen LogP contribution in [0, 0.1) is 12.8 Å². The van der Waals surface area contributed by atoms with Crippen LogP contribution in [0.1, 0.15) is 57.1 Å². The zero-order chi connectivity index (χ0) is 21.5. The number of likely N-dealkylation sites (tertiary alicyclic amines) is 1. The van der Waals surface area contributed by atoms with E-state index in [0.717, 1.165) is 42.2 Å². The Kier molecular flexibility index (Phi) is 5.62. The van der Waals surface area contributed by atoms with Gasteiger partial charge in [0.05, 0.1) is 11.0 Å². The molecule has 1 saturated carbocycles. The summed E-state index contributed by atoms with van der Waals surface area (Å²) in [7, 11) is 0. The SMILES string of the molecule is CCc1cc(=O)oc2cc(C)cc(O[C@@H](C)C(=O)N3CC[C@@]4(O)CCCC[C@@H]4C3)c12. The first-order valence-corrected chi connectivity index (χ1v) is 11.1. The number of hydrogen-bond donors (Lipinski definition) is 1. The van der Waals surface area contributed by atoms with E-state index in [1.807, 2.05) is 30.9 Å². The first-order valence-electron chi connectivity index (χ1n) is 11.1. The summed E-state index contributed by atoms with van der Waals surface area (Å²) in [5.41, 5.74) is 1.24. The molecule has 2 fully saturated rings. The third-order valence-corrected chi connectivity index (χ3v) is 6.81. The summed E-state index contributed by atoms with van der Waals surface area (Å²) in [6.07, 6.45) is 4.62. The second kappa shape index (κ2) is 8.06. The van der Waals surface area contributed by atoms with Crippen molar-refractivity contribution in [3.8, 4) is 5.75 Å². The molecule has 1 saturated heterocycles. The van der Waals surface area contributed by atoms with Crippen LogP contribution >= 0.6 is 0 Å². The van der Waals surface area contributed by atoms with E-state index < -0.39 is 11.7 Å². The lowest BCUT2D eigenvalue weighted by atomic mass is 9.71. The van der Waals surface area contributed by atoms with Gasteiger partial charge in [-0.15, -0.1) is 0 Å². The van der Waals surface area contributed by atoms with Gasteiger partial charge in [0.1, 0.15) is 11.3 Å². The predicted molar refractivity (Wildman–Crippen MR) is 115 cm³/mol. The highest BCUT2D eigenvalue weighted by Crippen LogP contribution is 2.40. The van der Waals surface area contributed by atoms with Crippen LogP contribution in [0.5, 0.6) is 5.75 Å². The van der Waals surface area contributed by atoms with Crippen molar-refractivity contribution in [1.29, 1.82) is 0 Å². The molecule has 0 unspecified atom stereocenters. The summed E-state index contributed by atoms with van der Waals surface area (Å²) in [4.78, 5) is 26.9. The first kappa shape index (κ1) is 20.9. The quantitative estimate of drug-likeness (QED) is 0.775. The van der Waals surface area contributed by atoms with Crippen molar-refractivity contribution in [2.24, 2.45) is 5.92 Å². The normalized spacial score (nSPS) is 25.1. The Morgan fingerprint density at radius 3 is 2.90 bits per heavy atom. The number of hydrogen-bond acceptors (Lipinski definition) is 5. The van der Waals surface area contributed by atoms with Gasteiger partial charge in [0.25, 0.3) is 5.91 Å². The van der Waals surface area contributed by atoms with Gasteiger partial charge in [-0.3, -0.25) is 4.79 Å². The molecule has 2 aliphatic rings. The fourth-order valence-corrected chi connectivity index (χ4v) is 5.11. The van der Waals surface area contributed by atoms with Gasteiger partial charge in [-0.2, -0.15) is 0 Å². The van der Waals surface area contributed by atoms with Crippen LogP contribution in [-0.4, -0.2) is 40.7 Å². The monoisotopic (exact) mass is 413 g/mol. The second-order valence-corrected chi connectivity index (χ2v) is 8.92. The van der Waals surface area contributed by atoms with E-state index >= 15 is 0 Å².